The number of carbonyl (C=O) groups excluding carboxylic acids is 1. The molecule has 0 bridgehead atoms. The number of rotatable bonds is 6. The van der Waals surface area contributed by atoms with Crippen LogP contribution in [0.4, 0.5) is 10.5 Å². The van der Waals surface area contributed by atoms with Gasteiger partial charge in [0.1, 0.15) is 12.6 Å². The molecule has 2 amide bonds. The molecular weight excluding hydrogens is 298 g/mol. The number of nitrogens with one attached hydrogen (secondary N) is 1. The minimum Gasteiger partial charge on any atom is -0.480 e. The third-order valence-corrected chi connectivity index (χ3v) is 2.83. The van der Waals surface area contributed by atoms with Crippen molar-refractivity contribution in [1.82, 2.24) is 4.90 Å². The lowest BCUT2D eigenvalue weighted by Crippen LogP contribution is -2.40. The quantitative estimate of drug-likeness (QED) is 0.833. The van der Waals surface area contributed by atoms with Crippen LogP contribution in [0.15, 0.2) is 18.2 Å². The minimum atomic E-state index is -1.13. The number of hydrogen-bond acceptors (Lipinski definition) is 4. The molecule has 1 aromatic rings. The zero-order valence-electron chi connectivity index (χ0n) is 11.3. The van der Waals surface area contributed by atoms with Crippen LogP contribution >= 0.6 is 11.6 Å². The Bertz CT molecular complexity index is 571. The molecule has 2 N–H and O–H groups in total. The second-order valence-corrected chi connectivity index (χ2v) is 4.45. The fraction of sp³-hybridized carbons (Fsp3) is 0.308. The highest BCUT2D eigenvalue weighted by Gasteiger charge is 2.17. The van der Waals surface area contributed by atoms with E-state index in [1.807, 2.05) is 6.07 Å². The van der Waals surface area contributed by atoms with E-state index in [-0.39, 0.29) is 23.7 Å². The summed E-state index contributed by atoms with van der Waals surface area (Å²) in [5, 5.41) is 20.3. The lowest BCUT2D eigenvalue weighted by molar-refractivity contribution is -0.137. The molecule has 1 rings (SSSR count). The number of ether oxygens (including phenoxy) is 1. The van der Waals surface area contributed by atoms with Crippen LogP contribution in [-0.2, 0) is 9.53 Å². The van der Waals surface area contributed by atoms with Crippen LogP contribution in [-0.4, -0.2) is 48.8 Å². The number of carboxylic acid groups (broad SMARTS) is 1. The summed E-state index contributed by atoms with van der Waals surface area (Å²) < 4.78 is 4.83. The van der Waals surface area contributed by atoms with Crippen LogP contribution < -0.4 is 5.32 Å². The van der Waals surface area contributed by atoms with E-state index in [0.29, 0.717) is 5.69 Å². The van der Waals surface area contributed by atoms with E-state index < -0.39 is 18.5 Å². The molecule has 0 unspecified atom stereocenters. The lowest BCUT2D eigenvalue weighted by atomic mass is 10.2. The Kier molecular flexibility index (Phi) is 6.46. The van der Waals surface area contributed by atoms with Crippen molar-refractivity contribution in [2.24, 2.45) is 0 Å². The Morgan fingerprint density at radius 3 is 2.76 bits per heavy atom. The number of methoxy groups -OCH3 is 1. The maximum Gasteiger partial charge on any atom is 0.323 e. The van der Waals surface area contributed by atoms with Crippen molar-refractivity contribution in [2.75, 3.05) is 32.1 Å². The second-order valence-electron chi connectivity index (χ2n) is 4.04. The predicted octanol–water partition coefficient (Wildman–Crippen LogP) is 1.78. The fourth-order valence-electron chi connectivity index (χ4n) is 1.50. The number of halogens is 1. The van der Waals surface area contributed by atoms with Crippen LogP contribution in [0.25, 0.3) is 0 Å². The summed E-state index contributed by atoms with van der Waals surface area (Å²) in [7, 11) is 1.46. The second kappa shape index (κ2) is 8.09. The first-order valence-electron chi connectivity index (χ1n) is 5.94. The fourth-order valence-corrected chi connectivity index (χ4v) is 1.73. The van der Waals surface area contributed by atoms with Gasteiger partial charge in [-0.25, -0.2) is 4.79 Å². The van der Waals surface area contributed by atoms with Crippen LogP contribution in [0.2, 0.25) is 5.02 Å². The van der Waals surface area contributed by atoms with E-state index in [2.05, 4.69) is 5.32 Å². The van der Waals surface area contributed by atoms with Gasteiger partial charge in [-0.1, -0.05) is 11.6 Å². The van der Waals surface area contributed by atoms with Crippen molar-refractivity contribution in [1.29, 1.82) is 5.26 Å². The Morgan fingerprint density at radius 1 is 1.52 bits per heavy atom. The molecule has 7 nitrogen and oxygen atoms in total. The van der Waals surface area contributed by atoms with Gasteiger partial charge in [0.2, 0.25) is 0 Å². The molecule has 0 aliphatic rings. The van der Waals surface area contributed by atoms with Crippen LogP contribution in [0.3, 0.4) is 0 Å². The summed E-state index contributed by atoms with van der Waals surface area (Å²) in [4.78, 5) is 23.9. The van der Waals surface area contributed by atoms with Gasteiger partial charge in [-0.3, -0.25) is 4.79 Å². The number of nitriles is 1. The molecule has 1 aromatic carbocycles. The van der Waals surface area contributed by atoms with Crippen LogP contribution in [0.5, 0.6) is 0 Å². The van der Waals surface area contributed by atoms with Crippen molar-refractivity contribution in [2.45, 2.75) is 0 Å². The Morgan fingerprint density at radius 2 is 2.24 bits per heavy atom. The van der Waals surface area contributed by atoms with E-state index >= 15 is 0 Å². The number of urea groups is 1. The molecule has 0 aliphatic carbocycles. The van der Waals surface area contributed by atoms with Crippen LogP contribution in [0, 0.1) is 11.3 Å². The third kappa shape index (κ3) is 5.30. The van der Waals surface area contributed by atoms with Gasteiger partial charge in [0.25, 0.3) is 0 Å². The molecule has 0 aromatic heterocycles. The van der Waals surface area contributed by atoms with Gasteiger partial charge in [0.15, 0.2) is 0 Å². The first-order valence-corrected chi connectivity index (χ1v) is 6.32. The Balaban J connectivity index is 2.78. The largest absolute Gasteiger partial charge is 0.480 e. The number of carboxylic acids is 1. The van der Waals surface area contributed by atoms with Gasteiger partial charge in [-0.2, -0.15) is 5.26 Å². The summed E-state index contributed by atoms with van der Waals surface area (Å²) in [6.07, 6.45) is 0. The molecule has 0 spiro atoms. The number of carbonyl (C=O) groups is 2. The van der Waals surface area contributed by atoms with Crippen molar-refractivity contribution >= 4 is 29.3 Å². The van der Waals surface area contributed by atoms with Gasteiger partial charge in [0, 0.05) is 19.3 Å². The highest BCUT2D eigenvalue weighted by molar-refractivity contribution is 6.32. The monoisotopic (exact) mass is 311 g/mol. The average Bonchev–Trinajstić information content (AvgIpc) is 2.43. The Labute approximate surface area is 126 Å². The van der Waals surface area contributed by atoms with Crippen molar-refractivity contribution in [3.05, 3.63) is 28.8 Å². The summed E-state index contributed by atoms with van der Waals surface area (Å²) in [5.74, 6) is -1.13. The molecule has 0 aliphatic heterocycles. The molecular formula is C13H14ClN3O4. The van der Waals surface area contributed by atoms with E-state index in [9.17, 15) is 9.59 Å². The zero-order valence-corrected chi connectivity index (χ0v) is 12.1. The zero-order chi connectivity index (χ0) is 15.8. The number of anilines is 1. The average molecular weight is 312 g/mol. The lowest BCUT2D eigenvalue weighted by Gasteiger charge is -2.20. The van der Waals surface area contributed by atoms with Gasteiger partial charge in [-0.05, 0) is 18.2 Å². The molecule has 8 heteroatoms. The summed E-state index contributed by atoms with van der Waals surface area (Å²) >= 11 is 5.86. The van der Waals surface area contributed by atoms with E-state index in [1.165, 1.54) is 25.3 Å². The smallest absolute Gasteiger partial charge is 0.323 e. The molecule has 0 saturated heterocycles. The van der Waals surface area contributed by atoms with Gasteiger partial charge in [-0.15, -0.1) is 0 Å². The maximum atomic E-state index is 12.0. The van der Waals surface area contributed by atoms with E-state index in [0.717, 1.165) is 4.90 Å². The maximum absolute atomic E-state index is 12.0. The van der Waals surface area contributed by atoms with E-state index in [1.54, 1.807) is 0 Å². The molecule has 0 atom stereocenters. The summed E-state index contributed by atoms with van der Waals surface area (Å²) in [6, 6.07) is 5.72. The van der Waals surface area contributed by atoms with Crippen LogP contribution in [0.1, 0.15) is 5.56 Å². The minimum absolute atomic E-state index is 0.138. The SMILES string of the molecule is COCCN(CC(=O)O)C(=O)Nc1ccc(C#N)c(Cl)c1. The van der Waals surface area contributed by atoms with Gasteiger partial charge in [0.05, 0.1) is 17.2 Å². The highest BCUT2D eigenvalue weighted by Crippen LogP contribution is 2.20. The van der Waals surface area contributed by atoms with E-state index in [4.69, 9.17) is 26.7 Å². The number of benzene rings is 1. The topological polar surface area (TPSA) is 103 Å². The number of hydrogen-bond donors (Lipinski definition) is 2. The van der Waals surface area contributed by atoms with Gasteiger partial charge < -0.3 is 20.1 Å². The first-order chi connectivity index (χ1) is 9.97. The van der Waals surface area contributed by atoms with Gasteiger partial charge >= 0.3 is 12.0 Å². The molecule has 0 heterocycles. The highest BCUT2D eigenvalue weighted by atomic mass is 35.5. The Hall–Kier alpha value is -2.30. The predicted molar refractivity (Wildman–Crippen MR) is 76.3 cm³/mol. The molecule has 112 valence electrons. The standard InChI is InChI=1S/C13H14ClN3O4/c1-21-5-4-17(8-12(18)19)13(20)16-10-3-2-9(7-15)11(14)6-10/h2-3,6H,4-5,8H2,1H3,(H,16,20)(H,18,19). The molecule has 0 fully saturated rings. The van der Waals surface area contributed by atoms with Crippen molar-refractivity contribution in [3.8, 4) is 6.07 Å². The summed E-state index contributed by atoms with van der Waals surface area (Å²) in [6.45, 7) is -0.0906. The van der Waals surface area contributed by atoms with Crippen molar-refractivity contribution < 1.29 is 19.4 Å². The molecule has 0 radical (unpaired) electrons. The van der Waals surface area contributed by atoms with Crippen molar-refractivity contribution in [3.63, 3.8) is 0 Å². The number of nitrogens with zero attached hydrogens (tertiary/aromatic N) is 2. The third-order valence-electron chi connectivity index (χ3n) is 2.52. The molecule has 0 saturated carbocycles. The summed E-state index contributed by atoms with van der Waals surface area (Å²) in [5.41, 5.74) is 0.660. The molecule has 21 heavy (non-hydrogen) atoms. The number of amides is 2. The normalized spacial score (nSPS) is 9.76. The first kappa shape index (κ1) is 16.8. The number of aliphatic carboxylic acids is 1.